The lowest BCUT2D eigenvalue weighted by Gasteiger charge is -2.46. The Morgan fingerprint density at radius 2 is 0.939 bits per heavy atom. The third-order valence-electron chi connectivity index (χ3n) is 7.46. The van der Waals surface area contributed by atoms with Gasteiger partial charge in [0.15, 0.2) is 0 Å². The van der Waals surface area contributed by atoms with Crippen molar-refractivity contribution in [2.24, 2.45) is 0 Å². The van der Waals surface area contributed by atoms with Crippen molar-refractivity contribution in [1.29, 1.82) is 0 Å². The van der Waals surface area contributed by atoms with Crippen molar-refractivity contribution in [2.75, 3.05) is 10.6 Å². The normalized spacial score (nSPS) is 16.0. The molecule has 0 heterocycles. The van der Waals surface area contributed by atoms with Crippen LogP contribution in [0.25, 0.3) is 0 Å². The number of rotatable bonds is 4. The molecular formula is C31H30N2. The van der Waals surface area contributed by atoms with Crippen molar-refractivity contribution in [3.05, 3.63) is 119 Å². The Morgan fingerprint density at radius 1 is 0.485 bits per heavy atom. The number of para-hydroxylation sites is 2. The predicted molar refractivity (Wildman–Crippen MR) is 139 cm³/mol. The maximum Gasteiger partial charge on any atom is 0.0428 e. The molecule has 0 aromatic heterocycles. The number of hydrogen-bond acceptors (Lipinski definition) is 2. The lowest BCUT2D eigenvalue weighted by atomic mass is 9.59. The summed E-state index contributed by atoms with van der Waals surface area (Å²) >= 11 is 0. The quantitative estimate of drug-likeness (QED) is 0.341. The molecule has 0 atom stereocenters. The molecule has 2 aliphatic rings. The highest BCUT2D eigenvalue weighted by Crippen LogP contribution is 2.54. The SMILES string of the molecule is c1ccc(Nc2cccc3c2C2(CCC3)CCCc3cccc(Nc4ccccc4)c32)cc1. The highest BCUT2D eigenvalue weighted by molar-refractivity contribution is 5.74. The first kappa shape index (κ1) is 20.1. The van der Waals surface area contributed by atoms with E-state index in [9.17, 15) is 0 Å². The first-order chi connectivity index (χ1) is 16.3. The predicted octanol–water partition coefficient (Wildman–Crippen LogP) is 8.13. The number of anilines is 4. The molecule has 0 amide bonds. The van der Waals surface area contributed by atoms with Crippen molar-refractivity contribution in [2.45, 2.75) is 43.9 Å². The summed E-state index contributed by atoms with van der Waals surface area (Å²) in [6.07, 6.45) is 7.19. The molecule has 0 bridgehead atoms. The molecule has 2 nitrogen and oxygen atoms in total. The average Bonchev–Trinajstić information content (AvgIpc) is 2.86. The zero-order valence-corrected chi connectivity index (χ0v) is 19.0. The lowest BCUT2D eigenvalue weighted by Crippen LogP contribution is -2.37. The molecule has 164 valence electrons. The molecule has 2 aliphatic carbocycles. The first-order valence-corrected chi connectivity index (χ1v) is 12.2. The van der Waals surface area contributed by atoms with Crippen LogP contribution in [0.4, 0.5) is 22.7 Å². The molecule has 0 saturated heterocycles. The van der Waals surface area contributed by atoms with E-state index in [-0.39, 0.29) is 5.41 Å². The topological polar surface area (TPSA) is 24.1 Å². The van der Waals surface area contributed by atoms with Crippen molar-refractivity contribution < 1.29 is 0 Å². The third-order valence-corrected chi connectivity index (χ3v) is 7.46. The van der Waals surface area contributed by atoms with Gasteiger partial charge < -0.3 is 10.6 Å². The van der Waals surface area contributed by atoms with E-state index in [4.69, 9.17) is 0 Å². The van der Waals surface area contributed by atoms with Crippen molar-refractivity contribution in [1.82, 2.24) is 0 Å². The van der Waals surface area contributed by atoms with E-state index in [0.717, 1.165) is 24.2 Å². The van der Waals surface area contributed by atoms with Gasteiger partial charge in [0.05, 0.1) is 0 Å². The first-order valence-electron chi connectivity index (χ1n) is 12.2. The van der Waals surface area contributed by atoms with E-state index in [1.807, 2.05) is 0 Å². The summed E-state index contributed by atoms with van der Waals surface area (Å²) in [5, 5.41) is 7.57. The molecule has 0 unspecified atom stereocenters. The Hall–Kier alpha value is -3.52. The Kier molecular flexibility index (Phi) is 5.14. The standard InChI is InChI=1S/C31H30N2/c1-3-15-25(16-4-1)32-27-19-7-11-23-13-9-21-31(29(23)27)22-10-14-24-12-8-20-28(30(24)31)33-26-17-5-2-6-18-26/h1-8,11-12,15-20,32-33H,9-10,13-14,21-22H2. The average molecular weight is 431 g/mol. The van der Waals surface area contributed by atoms with Gasteiger partial charge in [-0.25, -0.2) is 0 Å². The minimum absolute atomic E-state index is 0.0396. The van der Waals surface area contributed by atoms with E-state index >= 15 is 0 Å². The monoisotopic (exact) mass is 430 g/mol. The fraction of sp³-hybridized carbons (Fsp3) is 0.226. The molecule has 1 spiro atoms. The molecule has 0 aliphatic heterocycles. The fourth-order valence-corrected chi connectivity index (χ4v) is 6.22. The smallest absolute Gasteiger partial charge is 0.0428 e. The van der Waals surface area contributed by atoms with Crippen molar-refractivity contribution in [3.8, 4) is 0 Å². The highest BCUT2D eigenvalue weighted by atomic mass is 14.9. The van der Waals surface area contributed by atoms with Gasteiger partial charge in [0.2, 0.25) is 0 Å². The minimum Gasteiger partial charge on any atom is -0.355 e. The van der Waals surface area contributed by atoms with Crippen LogP contribution in [-0.4, -0.2) is 0 Å². The summed E-state index contributed by atoms with van der Waals surface area (Å²) in [6.45, 7) is 0. The van der Waals surface area contributed by atoms with Crippen LogP contribution in [0.5, 0.6) is 0 Å². The van der Waals surface area contributed by atoms with Gasteiger partial charge >= 0.3 is 0 Å². The molecule has 0 radical (unpaired) electrons. The van der Waals surface area contributed by atoms with Crippen LogP contribution in [0.3, 0.4) is 0 Å². The molecule has 2 N–H and O–H groups in total. The molecule has 4 aromatic carbocycles. The van der Waals surface area contributed by atoms with Gasteiger partial charge in [-0.05, 0) is 97.2 Å². The number of fused-ring (bicyclic) bond motifs is 4. The van der Waals surface area contributed by atoms with Crippen LogP contribution in [0.1, 0.15) is 47.9 Å². The van der Waals surface area contributed by atoms with Gasteiger partial charge in [-0.2, -0.15) is 0 Å². The van der Waals surface area contributed by atoms with Crippen LogP contribution >= 0.6 is 0 Å². The maximum absolute atomic E-state index is 3.78. The summed E-state index contributed by atoms with van der Waals surface area (Å²) in [6, 6.07) is 34.9. The van der Waals surface area contributed by atoms with Gasteiger partial charge in [-0.15, -0.1) is 0 Å². The minimum atomic E-state index is 0.0396. The summed E-state index contributed by atoms with van der Waals surface area (Å²) in [4.78, 5) is 0. The van der Waals surface area contributed by atoms with E-state index < -0.39 is 0 Å². The van der Waals surface area contributed by atoms with Gasteiger partial charge in [-0.1, -0.05) is 60.7 Å². The van der Waals surface area contributed by atoms with Gasteiger partial charge in [0.1, 0.15) is 0 Å². The lowest BCUT2D eigenvalue weighted by molar-refractivity contribution is 0.370. The number of nitrogens with one attached hydrogen (secondary N) is 2. The highest BCUT2D eigenvalue weighted by Gasteiger charge is 2.44. The summed E-state index contributed by atoms with van der Waals surface area (Å²) in [5.41, 5.74) is 10.9. The van der Waals surface area contributed by atoms with Gasteiger partial charge in [-0.3, -0.25) is 0 Å². The van der Waals surface area contributed by atoms with Crippen LogP contribution in [0.2, 0.25) is 0 Å². The second kappa shape index (κ2) is 8.44. The van der Waals surface area contributed by atoms with Crippen LogP contribution in [0, 0.1) is 0 Å². The van der Waals surface area contributed by atoms with Crippen LogP contribution < -0.4 is 10.6 Å². The third kappa shape index (κ3) is 3.60. The Morgan fingerprint density at radius 3 is 1.39 bits per heavy atom. The Balaban J connectivity index is 1.53. The Labute approximate surface area is 196 Å². The van der Waals surface area contributed by atoms with Gasteiger partial charge in [0, 0.05) is 28.2 Å². The Bertz CT molecular complexity index is 1160. The zero-order chi connectivity index (χ0) is 22.1. The van der Waals surface area contributed by atoms with E-state index in [2.05, 4.69) is 108 Å². The largest absolute Gasteiger partial charge is 0.355 e. The molecule has 0 fully saturated rings. The fourth-order valence-electron chi connectivity index (χ4n) is 6.22. The van der Waals surface area contributed by atoms with Crippen LogP contribution in [0.15, 0.2) is 97.1 Å². The molecular weight excluding hydrogens is 400 g/mol. The summed E-state index contributed by atoms with van der Waals surface area (Å²) in [5.74, 6) is 0. The maximum atomic E-state index is 3.78. The second-order valence-electron chi connectivity index (χ2n) is 9.45. The molecule has 6 rings (SSSR count). The van der Waals surface area contributed by atoms with E-state index in [1.165, 1.54) is 59.3 Å². The number of benzene rings is 4. The van der Waals surface area contributed by atoms with E-state index in [1.54, 1.807) is 0 Å². The zero-order valence-electron chi connectivity index (χ0n) is 19.0. The molecule has 0 saturated carbocycles. The van der Waals surface area contributed by atoms with E-state index in [0.29, 0.717) is 0 Å². The van der Waals surface area contributed by atoms with Crippen LogP contribution in [-0.2, 0) is 18.3 Å². The molecule has 2 heteroatoms. The summed E-state index contributed by atoms with van der Waals surface area (Å²) in [7, 11) is 0. The van der Waals surface area contributed by atoms with Crippen molar-refractivity contribution >= 4 is 22.7 Å². The van der Waals surface area contributed by atoms with Crippen molar-refractivity contribution in [3.63, 3.8) is 0 Å². The number of aryl methyl sites for hydroxylation is 2. The summed E-state index contributed by atoms with van der Waals surface area (Å²) < 4.78 is 0. The second-order valence-corrected chi connectivity index (χ2v) is 9.45. The number of hydrogen-bond donors (Lipinski definition) is 2. The van der Waals surface area contributed by atoms with Gasteiger partial charge in [0.25, 0.3) is 0 Å². The molecule has 4 aromatic rings. The molecule has 33 heavy (non-hydrogen) atoms.